The number of nitrogens with two attached hydrogens (primary N) is 1. The Labute approximate surface area is 75.9 Å². The Balaban J connectivity index is 2.27. The summed E-state index contributed by atoms with van der Waals surface area (Å²) in [5, 5.41) is 3.68. The van der Waals surface area contributed by atoms with E-state index in [4.69, 9.17) is 5.73 Å². The summed E-state index contributed by atoms with van der Waals surface area (Å²) in [4.78, 5) is 0. The van der Waals surface area contributed by atoms with Crippen LogP contribution < -0.4 is 11.1 Å². The standard InChI is InChI=1S/C10H22N2/c1-10(2,7-8-11)12-9-5-3-4-6-9/h9,12H,3-8,11H2,1-2H3. The summed E-state index contributed by atoms with van der Waals surface area (Å²) in [7, 11) is 0. The van der Waals surface area contributed by atoms with Crippen LogP contribution in [0.5, 0.6) is 0 Å². The molecule has 0 saturated heterocycles. The topological polar surface area (TPSA) is 38.0 Å². The van der Waals surface area contributed by atoms with Crippen LogP contribution >= 0.6 is 0 Å². The molecule has 0 aliphatic heterocycles. The zero-order valence-corrected chi connectivity index (χ0v) is 8.40. The monoisotopic (exact) mass is 170 g/mol. The van der Waals surface area contributed by atoms with Crippen LogP contribution in [0.4, 0.5) is 0 Å². The molecule has 0 unspecified atom stereocenters. The minimum Gasteiger partial charge on any atom is -0.330 e. The molecule has 1 fully saturated rings. The zero-order chi connectivity index (χ0) is 9.03. The van der Waals surface area contributed by atoms with Gasteiger partial charge < -0.3 is 11.1 Å². The fourth-order valence-electron chi connectivity index (χ4n) is 2.06. The van der Waals surface area contributed by atoms with Crippen LogP contribution in [0.2, 0.25) is 0 Å². The molecule has 72 valence electrons. The summed E-state index contributed by atoms with van der Waals surface area (Å²) in [5.41, 5.74) is 5.79. The molecule has 1 saturated carbocycles. The molecule has 0 aromatic heterocycles. The van der Waals surface area contributed by atoms with Crippen molar-refractivity contribution in [2.45, 2.75) is 57.5 Å². The van der Waals surface area contributed by atoms with Crippen molar-refractivity contribution in [3.05, 3.63) is 0 Å². The number of nitrogens with one attached hydrogen (secondary N) is 1. The molecule has 1 aliphatic rings. The first-order chi connectivity index (χ1) is 5.64. The van der Waals surface area contributed by atoms with Crippen molar-refractivity contribution in [1.29, 1.82) is 0 Å². The van der Waals surface area contributed by atoms with Crippen LogP contribution in [-0.4, -0.2) is 18.1 Å². The van der Waals surface area contributed by atoms with E-state index in [9.17, 15) is 0 Å². The van der Waals surface area contributed by atoms with Gasteiger partial charge in [0.25, 0.3) is 0 Å². The molecule has 1 aliphatic carbocycles. The molecule has 1 rings (SSSR count). The number of rotatable bonds is 4. The lowest BCUT2D eigenvalue weighted by Gasteiger charge is -2.29. The lowest BCUT2D eigenvalue weighted by molar-refractivity contribution is 0.319. The van der Waals surface area contributed by atoms with E-state index in [1.54, 1.807) is 0 Å². The van der Waals surface area contributed by atoms with E-state index in [1.165, 1.54) is 25.7 Å². The van der Waals surface area contributed by atoms with Gasteiger partial charge in [-0.15, -0.1) is 0 Å². The van der Waals surface area contributed by atoms with E-state index in [-0.39, 0.29) is 5.54 Å². The van der Waals surface area contributed by atoms with Gasteiger partial charge in [-0.1, -0.05) is 12.8 Å². The summed E-state index contributed by atoms with van der Waals surface area (Å²) >= 11 is 0. The third-order valence-electron chi connectivity index (χ3n) is 2.72. The Hall–Kier alpha value is -0.0800. The first-order valence-electron chi connectivity index (χ1n) is 5.12. The van der Waals surface area contributed by atoms with Crippen molar-refractivity contribution in [2.75, 3.05) is 6.54 Å². The lowest BCUT2D eigenvalue weighted by atomic mass is 9.99. The highest BCUT2D eigenvalue weighted by Crippen LogP contribution is 2.21. The molecule has 0 aromatic rings. The quantitative estimate of drug-likeness (QED) is 0.673. The molecule has 2 heteroatoms. The van der Waals surface area contributed by atoms with Crippen LogP contribution in [-0.2, 0) is 0 Å². The molecule has 2 nitrogen and oxygen atoms in total. The van der Waals surface area contributed by atoms with Gasteiger partial charge in [0.2, 0.25) is 0 Å². The van der Waals surface area contributed by atoms with Crippen molar-refractivity contribution in [1.82, 2.24) is 5.32 Å². The van der Waals surface area contributed by atoms with E-state index in [0.29, 0.717) is 0 Å². The van der Waals surface area contributed by atoms with Gasteiger partial charge in [-0.2, -0.15) is 0 Å². The molecule has 12 heavy (non-hydrogen) atoms. The van der Waals surface area contributed by atoms with Crippen molar-refractivity contribution < 1.29 is 0 Å². The number of hydrogen-bond acceptors (Lipinski definition) is 2. The Morgan fingerprint density at radius 1 is 1.33 bits per heavy atom. The van der Waals surface area contributed by atoms with Crippen molar-refractivity contribution in [3.8, 4) is 0 Å². The highest BCUT2D eigenvalue weighted by atomic mass is 15.0. The van der Waals surface area contributed by atoms with Gasteiger partial charge in [0.1, 0.15) is 0 Å². The predicted molar refractivity (Wildman–Crippen MR) is 53.1 cm³/mol. The van der Waals surface area contributed by atoms with Crippen LogP contribution in [0.1, 0.15) is 46.0 Å². The average Bonchev–Trinajstić information content (AvgIpc) is 2.38. The molecule has 0 radical (unpaired) electrons. The Morgan fingerprint density at radius 3 is 2.42 bits per heavy atom. The van der Waals surface area contributed by atoms with Crippen LogP contribution in [0.15, 0.2) is 0 Å². The van der Waals surface area contributed by atoms with Gasteiger partial charge in [-0.25, -0.2) is 0 Å². The Kier molecular flexibility index (Phi) is 3.53. The SMILES string of the molecule is CC(C)(CCN)NC1CCCC1. The van der Waals surface area contributed by atoms with Crippen LogP contribution in [0, 0.1) is 0 Å². The van der Waals surface area contributed by atoms with Crippen LogP contribution in [0.25, 0.3) is 0 Å². The maximum Gasteiger partial charge on any atom is 0.0139 e. The summed E-state index contributed by atoms with van der Waals surface area (Å²) in [5.74, 6) is 0. The second-order valence-electron chi connectivity index (χ2n) is 4.55. The van der Waals surface area contributed by atoms with Gasteiger partial charge in [0, 0.05) is 11.6 Å². The fourth-order valence-corrected chi connectivity index (χ4v) is 2.06. The van der Waals surface area contributed by atoms with E-state index in [2.05, 4.69) is 19.2 Å². The van der Waals surface area contributed by atoms with Gasteiger partial charge >= 0.3 is 0 Å². The zero-order valence-electron chi connectivity index (χ0n) is 8.40. The summed E-state index contributed by atoms with van der Waals surface area (Å²) < 4.78 is 0. The van der Waals surface area contributed by atoms with E-state index in [1.807, 2.05) is 0 Å². The smallest absolute Gasteiger partial charge is 0.0139 e. The predicted octanol–water partition coefficient (Wildman–Crippen LogP) is 1.65. The highest BCUT2D eigenvalue weighted by Gasteiger charge is 2.23. The summed E-state index contributed by atoms with van der Waals surface area (Å²) in [6.07, 6.45) is 6.58. The fraction of sp³-hybridized carbons (Fsp3) is 1.00. The minimum atomic E-state index is 0.240. The maximum atomic E-state index is 5.55. The molecule has 0 bridgehead atoms. The first-order valence-corrected chi connectivity index (χ1v) is 5.12. The summed E-state index contributed by atoms with van der Waals surface area (Å²) in [6, 6.07) is 0.756. The molecule has 0 heterocycles. The van der Waals surface area contributed by atoms with Gasteiger partial charge in [0.15, 0.2) is 0 Å². The highest BCUT2D eigenvalue weighted by molar-refractivity contribution is 4.84. The summed E-state index contributed by atoms with van der Waals surface area (Å²) in [6.45, 7) is 5.28. The van der Waals surface area contributed by atoms with Crippen molar-refractivity contribution >= 4 is 0 Å². The first kappa shape index (κ1) is 10.0. The molecule has 0 atom stereocenters. The molecule has 0 amide bonds. The van der Waals surface area contributed by atoms with Gasteiger partial charge in [0.05, 0.1) is 0 Å². The molecular weight excluding hydrogens is 148 g/mol. The Morgan fingerprint density at radius 2 is 1.92 bits per heavy atom. The Bertz CT molecular complexity index is 126. The van der Waals surface area contributed by atoms with Gasteiger partial charge in [-0.05, 0) is 39.7 Å². The minimum absolute atomic E-state index is 0.240. The second-order valence-corrected chi connectivity index (χ2v) is 4.55. The van der Waals surface area contributed by atoms with E-state index < -0.39 is 0 Å². The third kappa shape index (κ3) is 3.11. The largest absolute Gasteiger partial charge is 0.330 e. The maximum absolute atomic E-state index is 5.55. The normalized spacial score (nSPS) is 20.2. The second kappa shape index (κ2) is 4.24. The molecule has 0 spiro atoms. The van der Waals surface area contributed by atoms with E-state index in [0.717, 1.165) is 19.0 Å². The molecule has 3 N–H and O–H groups in total. The van der Waals surface area contributed by atoms with Gasteiger partial charge in [-0.3, -0.25) is 0 Å². The lowest BCUT2D eigenvalue weighted by Crippen LogP contribution is -2.46. The van der Waals surface area contributed by atoms with Crippen LogP contribution in [0.3, 0.4) is 0 Å². The van der Waals surface area contributed by atoms with Crippen molar-refractivity contribution in [3.63, 3.8) is 0 Å². The number of hydrogen-bond donors (Lipinski definition) is 2. The average molecular weight is 170 g/mol. The third-order valence-corrected chi connectivity index (χ3v) is 2.72. The molecular formula is C10H22N2. The van der Waals surface area contributed by atoms with E-state index >= 15 is 0 Å². The van der Waals surface area contributed by atoms with Crippen molar-refractivity contribution in [2.24, 2.45) is 5.73 Å². The molecule has 0 aromatic carbocycles.